The van der Waals surface area contributed by atoms with Crippen molar-refractivity contribution in [2.24, 2.45) is 0 Å². The second kappa shape index (κ2) is 10.8. The van der Waals surface area contributed by atoms with Crippen molar-refractivity contribution in [2.45, 2.75) is 39.3 Å². The normalized spacial score (nSPS) is 15.1. The van der Waals surface area contributed by atoms with E-state index in [-0.39, 0.29) is 30.4 Å². The van der Waals surface area contributed by atoms with Gasteiger partial charge in [-0.05, 0) is 92.2 Å². The van der Waals surface area contributed by atoms with Crippen molar-refractivity contribution >= 4 is 34.8 Å². The summed E-state index contributed by atoms with van der Waals surface area (Å²) in [5.74, 6) is -0.165. The Bertz CT molecular complexity index is 1210. The standard InChI is InChI=1S/C27H28ClFN2O3S/c1-17(2)31(27(33)19-4-6-20(29)7-5-19)15-26(32)30-12-10-25-22(11-13-35-25)24(30)16-34-21-8-9-23(28)18(3)14-21/h4-9,11,13-14,17,24H,10,12,15-16H2,1-3H3/t24-/m0/s1. The first-order chi connectivity index (χ1) is 16.7. The van der Waals surface area contributed by atoms with Gasteiger partial charge >= 0.3 is 0 Å². The van der Waals surface area contributed by atoms with Crippen LogP contribution in [0.3, 0.4) is 0 Å². The van der Waals surface area contributed by atoms with Gasteiger partial charge < -0.3 is 14.5 Å². The SMILES string of the molecule is Cc1cc(OC[C@H]2c3ccsc3CCN2C(=O)CN(C(=O)c2ccc(F)cc2)C(C)C)ccc1Cl. The van der Waals surface area contributed by atoms with E-state index in [1.54, 1.807) is 17.4 Å². The van der Waals surface area contributed by atoms with Crippen LogP contribution in [0.15, 0.2) is 53.9 Å². The number of halogens is 2. The summed E-state index contributed by atoms with van der Waals surface area (Å²) in [7, 11) is 0. The number of thiophene rings is 1. The van der Waals surface area contributed by atoms with Crippen LogP contribution in [0.4, 0.5) is 4.39 Å². The number of benzene rings is 2. The third-order valence-electron chi connectivity index (χ3n) is 6.23. The van der Waals surface area contributed by atoms with Gasteiger partial charge in [0.05, 0.1) is 6.04 Å². The number of rotatable bonds is 7. The lowest BCUT2D eigenvalue weighted by atomic mass is 10.00. The molecule has 0 spiro atoms. The molecule has 0 unspecified atom stereocenters. The molecule has 2 heterocycles. The van der Waals surface area contributed by atoms with Crippen molar-refractivity contribution in [2.75, 3.05) is 19.7 Å². The topological polar surface area (TPSA) is 49.9 Å². The molecule has 1 aromatic heterocycles. The molecule has 1 aliphatic rings. The molecule has 0 aliphatic carbocycles. The fraction of sp³-hybridized carbons (Fsp3) is 0.333. The van der Waals surface area contributed by atoms with Crippen molar-refractivity contribution in [3.63, 3.8) is 0 Å². The highest BCUT2D eigenvalue weighted by molar-refractivity contribution is 7.10. The Kier molecular flexibility index (Phi) is 7.77. The molecule has 2 aromatic carbocycles. The Morgan fingerprint density at radius 1 is 1.20 bits per heavy atom. The van der Waals surface area contributed by atoms with Crippen molar-refractivity contribution in [3.05, 3.63) is 86.3 Å². The van der Waals surface area contributed by atoms with Crippen LogP contribution in [0.25, 0.3) is 0 Å². The molecule has 5 nitrogen and oxygen atoms in total. The molecule has 0 N–H and O–H groups in total. The number of carbonyl (C=O) groups is 2. The van der Waals surface area contributed by atoms with Crippen LogP contribution in [-0.4, -0.2) is 47.4 Å². The predicted molar refractivity (Wildman–Crippen MR) is 137 cm³/mol. The average Bonchev–Trinajstić information content (AvgIpc) is 3.32. The van der Waals surface area contributed by atoms with E-state index in [0.717, 1.165) is 17.5 Å². The summed E-state index contributed by atoms with van der Waals surface area (Å²) in [6, 6.07) is 12.5. The predicted octanol–water partition coefficient (Wildman–Crippen LogP) is 5.90. The van der Waals surface area contributed by atoms with Crippen LogP contribution in [0.1, 0.15) is 46.3 Å². The van der Waals surface area contributed by atoms with E-state index in [4.69, 9.17) is 16.3 Å². The maximum atomic E-state index is 13.6. The van der Waals surface area contributed by atoms with E-state index in [1.807, 2.05) is 49.3 Å². The van der Waals surface area contributed by atoms with Gasteiger partial charge in [-0.15, -0.1) is 11.3 Å². The largest absolute Gasteiger partial charge is 0.491 e. The Morgan fingerprint density at radius 2 is 1.94 bits per heavy atom. The first-order valence-corrected chi connectivity index (χ1v) is 12.8. The van der Waals surface area contributed by atoms with E-state index in [0.29, 0.717) is 29.5 Å². The number of hydrogen-bond donors (Lipinski definition) is 0. The lowest BCUT2D eigenvalue weighted by Gasteiger charge is -2.37. The third-order valence-corrected chi connectivity index (χ3v) is 7.65. The highest BCUT2D eigenvalue weighted by Gasteiger charge is 2.34. The lowest BCUT2D eigenvalue weighted by Crippen LogP contribution is -2.49. The van der Waals surface area contributed by atoms with E-state index in [9.17, 15) is 14.0 Å². The molecule has 1 atom stereocenters. The summed E-state index contributed by atoms with van der Waals surface area (Å²) >= 11 is 7.83. The fourth-order valence-electron chi connectivity index (χ4n) is 4.24. The Labute approximate surface area is 214 Å². The van der Waals surface area contributed by atoms with E-state index in [2.05, 4.69) is 0 Å². The number of ether oxygens (including phenoxy) is 1. The summed E-state index contributed by atoms with van der Waals surface area (Å²) in [4.78, 5) is 31.3. The summed E-state index contributed by atoms with van der Waals surface area (Å²) in [6.07, 6.45) is 0.767. The van der Waals surface area contributed by atoms with Gasteiger partial charge in [0.15, 0.2) is 0 Å². The first kappa shape index (κ1) is 25.2. The van der Waals surface area contributed by atoms with Gasteiger partial charge in [-0.1, -0.05) is 11.6 Å². The Balaban J connectivity index is 1.53. The zero-order valence-electron chi connectivity index (χ0n) is 20.0. The zero-order valence-corrected chi connectivity index (χ0v) is 21.5. The maximum Gasteiger partial charge on any atom is 0.254 e. The molecule has 35 heavy (non-hydrogen) atoms. The molecule has 4 rings (SSSR count). The van der Waals surface area contributed by atoms with Crippen molar-refractivity contribution in [3.8, 4) is 5.75 Å². The van der Waals surface area contributed by atoms with Crippen LogP contribution in [0.5, 0.6) is 5.75 Å². The summed E-state index contributed by atoms with van der Waals surface area (Å²) < 4.78 is 19.4. The highest BCUT2D eigenvalue weighted by atomic mass is 35.5. The van der Waals surface area contributed by atoms with E-state index in [1.165, 1.54) is 34.0 Å². The Hall–Kier alpha value is -2.90. The molecule has 0 fully saturated rings. The fourth-order valence-corrected chi connectivity index (χ4v) is 5.29. The number of amides is 2. The smallest absolute Gasteiger partial charge is 0.254 e. The van der Waals surface area contributed by atoms with Crippen molar-refractivity contribution in [1.82, 2.24) is 9.80 Å². The zero-order chi connectivity index (χ0) is 25.1. The van der Waals surface area contributed by atoms with Gasteiger partial charge in [-0.2, -0.15) is 0 Å². The van der Waals surface area contributed by atoms with Gasteiger partial charge in [0, 0.05) is 28.0 Å². The minimum atomic E-state index is -0.410. The average molecular weight is 515 g/mol. The molecule has 0 saturated heterocycles. The van der Waals surface area contributed by atoms with Crippen LogP contribution in [0.2, 0.25) is 5.02 Å². The number of nitrogens with zero attached hydrogens (tertiary/aromatic N) is 2. The molecule has 3 aromatic rings. The Morgan fingerprint density at radius 3 is 2.63 bits per heavy atom. The van der Waals surface area contributed by atoms with E-state index < -0.39 is 5.82 Å². The molecule has 0 radical (unpaired) electrons. The molecule has 0 saturated carbocycles. The van der Waals surface area contributed by atoms with Gasteiger partial charge in [-0.3, -0.25) is 9.59 Å². The van der Waals surface area contributed by atoms with Gasteiger partial charge in [0.1, 0.15) is 24.7 Å². The van der Waals surface area contributed by atoms with E-state index >= 15 is 0 Å². The number of fused-ring (bicyclic) bond motifs is 1. The first-order valence-electron chi connectivity index (χ1n) is 11.6. The number of carbonyl (C=O) groups excluding carboxylic acids is 2. The molecule has 184 valence electrons. The maximum absolute atomic E-state index is 13.6. The summed E-state index contributed by atoms with van der Waals surface area (Å²) in [6.45, 7) is 6.43. The number of aryl methyl sites for hydroxylation is 1. The summed E-state index contributed by atoms with van der Waals surface area (Å²) in [5.41, 5.74) is 2.36. The number of hydrogen-bond acceptors (Lipinski definition) is 4. The van der Waals surface area contributed by atoms with Gasteiger partial charge in [-0.25, -0.2) is 4.39 Å². The monoisotopic (exact) mass is 514 g/mol. The second-order valence-electron chi connectivity index (χ2n) is 8.91. The molecular weight excluding hydrogens is 487 g/mol. The van der Waals surface area contributed by atoms with Crippen molar-refractivity contribution in [1.29, 1.82) is 0 Å². The highest BCUT2D eigenvalue weighted by Crippen LogP contribution is 2.34. The quantitative estimate of drug-likeness (QED) is 0.394. The van der Waals surface area contributed by atoms with Crippen molar-refractivity contribution < 1.29 is 18.7 Å². The molecular formula is C27H28ClFN2O3S. The van der Waals surface area contributed by atoms with Crippen LogP contribution in [-0.2, 0) is 11.2 Å². The van der Waals surface area contributed by atoms with Crippen LogP contribution >= 0.6 is 22.9 Å². The van der Waals surface area contributed by atoms with Gasteiger partial charge in [0.2, 0.25) is 5.91 Å². The van der Waals surface area contributed by atoms with Crippen LogP contribution in [0, 0.1) is 12.7 Å². The third kappa shape index (κ3) is 5.68. The van der Waals surface area contributed by atoms with Crippen LogP contribution < -0.4 is 4.74 Å². The molecule has 2 amide bonds. The van der Waals surface area contributed by atoms with Gasteiger partial charge in [0.25, 0.3) is 5.91 Å². The molecule has 0 bridgehead atoms. The second-order valence-corrected chi connectivity index (χ2v) is 10.3. The minimum absolute atomic E-state index is 0.0656. The minimum Gasteiger partial charge on any atom is -0.491 e. The summed E-state index contributed by atoms with van der Waals surface area (Å²) in [5, 5.41) is 2.71. The lowest BCUT2D eigenvalue weighted by molar-refractivity contribution is -0.136. The molecule has 8 heteroatoms. The molecule has 1 aliphatic heterocycles.